The van der Waals surface area contributed by atoms with E-state index in [1.54, 1.807) is 4.68 Å². The average molecular weight is 327 g/mol. The van der Waals surface area contributed by atoms with E-state index in [4.69, 9.17) is 9.47 Å². The highest BCUT2D eigenvalue weighted by Crippen LogP contribution is 2.32. The fourth-order valence-electron chi connectivity index (χ4n) is 3.45. The van der Waals surface area contributed by atoms with Gasteiger partial charge in [0, 0.05) is 33.0 Å². The monoisotopic (exact) mass is 327 g/mol. The van der Waals surface area contributed by atoms with Gasteiger partial charge in [-0.2, -0.15) is 5.10 Å². The summed E-state index contributed by atoms with van der Waals surface area (Å²) in [6, 6.07) is 11.8. The second-order valence-corrected chi connectivity index (χ2v) is 6.30. The van der Waals surface area contributed by atoms with Crippen LogP contribution in [0.25, 0.3) is 11.3 Å². The highest BCUT2D eigenvalue weighted by molar-refractivity contribution is 5.93. The zero-order valence-electron chi connectivity index (χ0n) is 13.8. The zero-order chi connectivity index (χ0) is 16.6. The Kier molecular flexibility index (Phi) is 3.86. The number of benzene rings is 1. The number of likely N-dealkylation sites (tertiary alicyclic amines) is 1. The first kappa shape index (κ1) is 15.4. The number of aryl methyl sites for hydroxylation is 1. The Bertz CT molecular complexity index is 725. The Labute approximate surface area is 141 Å². The standard InChI is InChI=1S/C18H21N3O3/c1-20-16(14-5-3-2-4-6-14)13-15(19-20)17(22)21-9-7-18(8-10-21)23-11-12-24-18/h2-6,13H,7-12H2,1H3. The topological polar surface area (TPSA) is 56.6 Å². The molecule has 0 unspecified atom stereocenters. The predicted octanol–water partition coefficient (Wildman–Crippen LogP) is 2.07. The molecule has 0 bridgehead atoms. The van der Waals surface area contributed by atoms with E-state index in [0.29, 0.717) is 32.0 Å². The van der Waals surface area contributed by atoms with E-state index < -0.39 is 5.79 Å². The first-order valence-electron chi connectivity index (χ1n) is 8.34. The lowest BCUT2D eigenvalue weighted by molar-refractivity contribution is -0.181. The summed E-state index contributed by atoms with van der Waals surface area (Å²) in [6.45, 7) is 2.56. The van der Waals surface area contributed by atoms with E-state index in [0.717, 1.165) is 24.1 Å². The largest absolute Gasteiger partial charge is 0.347 e. The fraction of sp³-hybridized carbons (Fsp3) is 0.444. The van der Waals surface area contributed by atoms with Crippen LogP contribution in [0.4, 0.5) is 0 Å². The van der Waals surface area contributed by atoms with Gasteiger partial charge < -0.3 is 14.4 Å². The third kappa shape index (κ3) is 2.72. The van der Waals surface area contributed by atoms with E-state index in [9.17, 15) is 4.79 Å². The Hall–Kier alpha value is -2.18. The van der Waals surface area contributed by atoms with Crippen molar-refractivity contribution < 1.29 is 14.3 Å². The van der Waals surface area contributed by atoms with Crippen molar-refractivity contribution in [2.45, 2.75) is 18.6 Å². The van der Waals surface area contributed by atoms with Crippen molar-refractivity contribution in [2.75, 3.05) is 26.3 Å². The number of aromatic nitrogens is 2. The maximum Gasteiger partial charge on any atom is 0.274 e. The van der Waals surface area contributed by atoms with Gasteiger partial charge in [0.25, 0.3) is 5.91 Å². The molecule has 1 amide bonds. The summed E-state index contributed by atoms with van der Waals surface area (Å²) in [7, 11) is 1.87. The van der Waals surface area contributed by atoms with Crippen LogP contribution in [0, 0.1) is 0 Å². The fourth-order valence-corrected chi connectivity index (χ4v) is 3.45. The first-order valence-corrected chi connectivity index (χ1v) is 8.34. The first-order chi connectivity index (χ1) is 11.7. The SMILES string of the molecule is Cn1nc(C(=O)N2CCC3(CC2)OCCO3)cc1-c1ccccc1. The van der Waals surface area contributed by atoms with Crippen LogP contribution in [0.15, 0.2) is 36.4 Å². The molecule has 3 heterocycles. The highest BCUT2D eigenvalue weighted by Gasteiger charge is 2.41. The minimum absolute atomic E-state index is 0.0272. The summed E-state index contributed by atoms with van der Waals surface area (Å²) in [5, 5.41) is 4.41. The molecule has 126 valence electrons. The molecule has 0 atom stereocenters. The summed E-state index contributed by atoms with van der Waals surface area (Å²) >= 11 is 0. The molecule has 4 rings (SSSR count). The van der Waals surface area contributed by atoms with Crippen molar-refractivity contribution >= 4 is 5.91 Å². The highest BCUT2D eigenvalue weighted by atomic mass is 16.7. The van der Waals surface area contributed by atoms with Crippen LogP contribution < -0.4 is 0 Å². The number of ether oxygens (including phenoxy) is 2. The summed E-state index contributed by atoms with van der Waals surface area (Å²) in [4.78, 5) is 14.6. The summed E-state index contributed by atoms with van der Waals surface area (Å²) in [6.07, 6.45) is 1.44. The number of carbonyl (C=O) groups excluding carboxylic acids is 1. The third-order valence-corrected chi connectivity index (χ3v) is 4.79. The molecule has 6 nitrogen and oxygen atoms in total. The Morgan fingerprint density at radius 3 is 2.46 bits per heavy atom. The van der Waals surface area contributed by atoms with E-state index in [1.807, 2.05) is 48.3 Å². The van der Waals surface area contributed by atoms with Gasteiger partial charge in [-0.05, 0) is 11.6 Å². The molecule has 2 fully saturated rings. The van der Waals surface area contributed by atoms with Crippen molar-refractivity contribution in [2.24, 2.45) is 7.05 Å². The van der Waals surface area contributed by atoms with Crippen LogP contribution in [-0.2, 0) is 16.5 Å². The molecule has 2 aliphatic heterocycles. The minimum atomic E-state index is -0.462. The molecular weight excluding hydrogens is 306 g/mol. The van der Waals surface area contributed by atoms with Gasteiger partial charge in [0.1, 0.15) is 0 Å². The second-order valence-electron chi connectivity index (χ2n) is 6.30. The molecule has 0 aliphatic carbocycles. The maximum absolute atomic E-state index is 12.8. The molecule has 0 saturated carbocycles. The van der Waals surface area contributed by atoms with Crippen molar-refractivity contribution in [3.05, 3.63) is 42.1 Å². The number of nitrogens with zero attached hydrogens (tertiary/aromatic N) is 3. The molecule has 1 aromatic heterocycles. The van der Waals surface area contributed by atoms with Crippen molar-refractivity contribution in [3.63, 3.8) is 0 Å². The molecule has 6 heteroatoms. The van der Waals surface area contributed by atoms with Crippen molar-refractivity contribution in [1.29, 1.82) is 0 Å². The molecule has 2 aromatic rings. The lowest BCUT2D eigenvalue weighted by Crippen LogP contribution is -2.47. The predicted molar refractivity (Wildman–Crippen MR) is 88.4 cm³/mol. The van der Waals surface area contributed by atoms with E-state index in [2.05, 4.69) is 5.10 Å². The Morgan fingerprint density at radius 2 is 1.79 bits per heavy atom. The molecule has 1 aromatic carbocycles. The summed E-state index contributed by atoms with van der Waals surface area (Å²) in [5.74, 6) is -0.489. The lowest BCUT2D eigenvalue weighted by Gasteiger charge is -2.37. The van der Waals surface area contributed by atoms with E-state index >= 15 is 0 Å². The van der Waals surface area contributed by atoms with Gasteiger partial charge in [0.15, 0.2) is 11.5 Å². The van der Waals surface area contributed by atoms with Gasteiger partial charge in [-0.15, -0.1) is 0 Å². The smallest absolute Gasteiger partial charge is 0.274 e. The van der Waals surface area contributed by atoms with Crippen LogP contribution in [0.3, 0.4) is 0 Å². The van der Waals surface area contributed by atoms with Gasteiger partial charge in [0.05, 0.1) is 18.9 Å². The van der Waals surface area contributed by atoms with E-state index in [1.165, 1.54) is 0 Å². The van der Waals surface area contributed by atoms with E-state index in [-0.39, 0.29) is 5.91 Å². The molecule has 2 saturated heterocycles. The van der Waals surface area contributed by atoms with Gasteiger partial charge in [-0.25, -0.2) is 0 Å². The van der Waals surface area contributed by atoms with Gasteiger partial charge in [-0.1, -0.05) is 30.3 Å². The molecule has 0 N–H and O–H groups in total. The number of hydrogen-bond acceptors (Lipinski definition) is 4. The third-order valence-electron chi connectivity index (χ3n) is 4.79. The van der Waals surface area contributed by atoms with Crippen LogP contribution in [0.2, 0.25) is 0 Å². The van der Waals surface area contributed by atoms with Gasteiger partial charge >= 0.3 is 0 Å². The minimum Gasteiger partial charge on any atom is -0.347 e. The van der Waals surface area contributed by atoms with Crippen molar-refractivity contribution in [3.8, 4) is 11.3 Å². The molecule has 0 radical (unpaired) electrons. The zero-order valence-corrected chi connectivity index (χ0v) is 13.8. The van der Waals surface area contributed by atoms with Gasteiger partial charge in [-0.3, -0.25) is 9.48 Å². The van der Waals surface area contributed by atoms with Gasteiger partial charge in [0.2, 0.25) is 0 Å². The number of hydrogen-bond donors (Lipinski definition) is 0. The van der Waals surface area contributed by atoms with Crippen molar-refractivity contribution in [1.82, 2.24) is 14.7 Å². The molecule has 24 heavy (non-hydrogen) atoms. The number of amides is 1. The van der Waals surface area contributed by atoms with Crippen LogP contribution in [0.1, 0.15) is 23.3 Å². The number of piperidine rings is 1. The van der Waals surface area contributed by atoms with Crippen LogP contribution in [0.5, 0.6) is 0 Å². The normalized spacial score (nSPS) is 19.8. The molecule has 2 aliphatic rings. The Balaban J connectivity index is 1.49. The average Bonchev–Trinajstić information content (AvgIpc) is 3.23. The summed E-state index contributed by atoms with van der Waals surface area (Å²) in [5.41, 5.74) is 2.48. The maximum atomic E-state index is 12.8. The summed E-state index contributed by atoms with van der Waals surface area (Å²) < 4.78 is 13.2. The molecule has 1 spiro atoms. The molecular formula is C18H21N3O3. The lowest BCUT2D eigenvalue weighted by atomic mass is 10.0. The Morgan fingerprint density at radius 1 is 1.12 bits per heavy atom. The second kappa shape index (κ2) is 6.03. The van der Waals surface area contributed by atoms with Crippen LogP contribution >= 0.6 is 0 Å². The van der Waals surface area contributed by atoms with Crippen LogP contribution in [-0.4, -0.2) is 52.7 Å². The number of carbonyl (C=O) groups is 1. The quantitative estimate of drug-likeness (QED) is 0.847. The number of rotatable bonds is 2.